The van der Waals surface area contributed by atoms with E-state index in [9.17, 15) is 4.79 Å². The highest BCUT2D eigenvalue weighted by Crippen LogP contribution is 2.53. The fourth-order valence-electron chi connectivity index (χ4n) is 4.23. The Labute approximate surface area is 131 Å². The molecule has 4 rings (SSSR count). The predicted molar refractivity (Wildman–Crippen MR) is 85.8 cm³/mol. The maximum absolute atomic E-state index is 12.2. The SMILES string of the molecule is O=C1C[C@@H]2C[C@](COCc3ccccc3)(C1)c1ccccc12. The van der Waals surface area contributed by atoms with Crippen molar-refractivity contribution in [2.75, 3.05) is 6.61 Å². The van der Waals surface area contributed by atoms with Crippen molar-refractivity contribution < 1.29 is 9.53 Å². The number of fused-ring (bicyclic) bond motifs is 5. The number of ether oxygens (including phenoxy) is 1. The minimum atomic E-state index is -0.0919. The summed E-state index contributed by atoms with van der Waals surface area (Å²) in [6, 6.07) is 18.8. The van der Waals surface area contributed by atoms with Crippen LogP contribution in [0, 0.1) is 0 Å². The van der Waals surface area contributed by atoms with Crippen LogP contribution in [0.15, 0.2) is 54.6 Å². The molecule has 0 radical (unpaired) electrons. The van der Waals surface area contributed by atoms with E-state index in [-0.39, 0.29) is 5.41 Å². The molecule has 2 bridgehead atoms. The van der Waals surface area contributed by atoms with Crippen LogP contribution in [0.3, 0.4) is 0 Å². The molecule has 0 aliphatic heterocycles. The van der Waals surface area contributed by atoms with Crippen molar-refractivity contribution in [3.05, 3.63) is 71.3 Å². The highest BCUT2D eigenvalue weighted by Gasteiger charge is 2.49. The van der Waals surface area contributed by atoms with E-state index in [1.807, 2.05) is 18.2 Å². The van der Waals surface area contributed by atoms with Crippen LogP contribution >= 0.6 is 0 Å². The van der Waals surface area contributed by atoms with Crippen LogP contribution in [0.4, 0.5) is 0 Å². The highest BCUT2D eigenvalue weighted by molar-refractivity contribution is 5.83. The monoisotopic (exact) mass is 292 g/mol. The molecule has 2 aromatic carbocycles. The van der Waals surface area contributed by atoms with Gasteiger partial charge in [-0.25, -0.2) is 0 Å². The van der Waals surface area contributed by atoms with E-state index < -0.39 is 0 Å². The van der Waals surface area contributed by atoms with Crippen molar-refractivity contribution >= 4 is 5.78 Å². The van der Waals surface area contributed by atoms with E-state index in [1.54, 1.807) is 0 Å². The Hall–Kier alpha value is -1.93. The summed E-state index contributed by atoms with van der Waals surface area (Å²) in [5, 5.41) is 0. The number of carbonyl (C=O) groups is 1. The van der Waals surface area contributed by atoms with Gasteiger partial charge in [-0.2, -0.15) is 0 Å². The maximum Gasteiger partial charge on any atom is 0.134 e. The molecule has 0 heterocycles. The second-order valence-electron chi connectivity index (χ2n) is 6.67. The van der Waals surface area contributed by atoms with Gasteiger partial charge in [0.15, 0.2) is 0 Å². The normalized spacial score (nSPS) is 26.0. The van der Waals surface area contributed by atoms with E-state index in [0.29, 0.717) is 37.8 Å². The van der Waals surface area contributed by atoms with Gasteiger partial charge in [0.1, 0.15) is 5.78 Å². The van der Waals surface area contributed by atoms with Gasteiger partial charge in [-0.05, 0) is 29.0 Å². The van der Waals surface area contributed by atoms with Crippen LogP contribution in [0.5, 0.6) is 0 Å². The molecule has 2 aliphatic rings. The Kier molecular flexibility index (Phi) is 3.34. The van der Waals surface area contributed by atoms with E-state index in [0.717, 1.165) is 6.42 Å². The minimum absolute atomic E-state index is 0.0919. The number of rotatable bonds is 4. The molecule has 2 aromatic rings. The summed E-state index contributed by atoms with van der Waals surface area (Å²) in [5.41, 5.74) is 3.81. The van der Waals surface area contributed by atoms with Gasteiger partial charge in [-0.3, -0.25) is 4.79 Å². The van der Waals surface area contributed by atoms with E-state index in [1.165, 1.54) is 16.7 Å². The average Bonchev–Trinajstić information content (AvgIpc) is 2.77. The summed E-state index contributed by atoms with van der Waals surface area (Å²) in [5.74, 6) is 0.786. The van der Waals surface area contributed by atoms with Crippen molar-refractivity contribution in [3.63, 3.8) is 0 Å². The molecule has 0 N–H and O–H groups in total. The Morgan fingerprint density at radius 1 is 1.05 bits per heavy atom. The van der Waals surface area contributed by atoms with Gasteiger partial charge in [0, 0.05) is 18.3 Å². The summed E-state index contributed by atoms with van der Waals surface area (Å²) < 4.78 is 6.03. The summed E-state index contributed by atoms with van der Waals surface area (Å²) in [6.07, 6.45) is 2.40. The zero-order chi connectivity index (χ0) is 15.0. The van der Waals surface area contributed by atoms with Crippen LogP contribution < -0.4 is 0 Å². The van der Waals surface area contributed by atoms with Crippen LogP contribution in [-0.4, -0.2) is 12.4 Å². The van der Waals surface area contributed by atoms with Gasteiger partial charge in [-0.1, -0.05) is 54.6 Å². The van der Waals surface area contributed by atoms with Gasteiger partial charge in [0.25, 0.3) is 0 Å². The summed E-state index contributed by atoms with van der Waals surface area (Å²) in [4.78, 5) is 12.2. The van der Waals surface area contributed by atoms with Gasteiger partial charge in [0.05, 0.1) is 13.2 Å². The molecular formula is C20H20O2. The molecular weight excluding hydrogens is 272 g/mol. The molecule has 1 fully saturated rings. The van der Waals surface area contributed by atoms with Gasteiger partial charge >= 0.3 is 0 Å². The van der Waals surface area contributed by atoms with Crippen molar-refractivity contribution in [1.82, 2.24) is 0 Å². The van der Waals surface area contributed by atoms with Crippen molar-refractivity contribution in [1.29, 1.82) is 0 Å². The standard InChI is InChI=1S/C20H20O2/c21-17-10-16-11-20(12-17,19-9-5-4-8-18(16)19)14-22-13-15-6-2-1-3-7-15/h1-9,16H,10-14H2/t16-,20-/m1/s1. The second-order valence-corrected chi connectivity index (χ2v) is 6.67. The first-order valence-corrected chi connectivity index (χ1v) is 8.00. The number of Topliss-reactive ketones (excluding diaryl/α,β-unsaturated/α-hetero) is 1. The molecule has 2 heteroatoms. The fourth-order valence-corrected chi connectivity index (χ4v) is 4.23. The first-order chi connectivity index (χ1) is 10.8. The minimum Gasteiger partial charge on any atom is -0.376 e. The largest absolute Gasteiger partial charge is 0.376 e. The average molecular weight is 292 g/mol. The third-order valence-electron chi connectivity index (χ3n) is 5.11. The lowest BCUT2D eigenvalue weighted by molar-refractivity contribution is -0.123. The first kappa shape index (κ1) is 13.7. The van der Waals surface area contributed by atoms with Crippen LogP contribution in [-0.2, 0) is 21.6 Å². The van der Waals surface area contributed by atoms with E-state index >= 15 is 0 Å². The Bertz CT molecular complexity index is 692. The first-order valence-electron chi connectivity index (χ1n) is 8.00. The summed E-state index contributed by atoms with van der Waals surface area (Å²) in [6.45, 7) is 1.25. The Morgan fingerprint density at radius 3 is 2.68 bits per heavy atom. The molecule has 2 atom stereocenters. The quantitative estimate of drug-likeness (QED) is 0.851. The molecule has 2 aliphatic carbocycles. The fraction of sp³-hybridized carbons (Fsp3) is 0.350. The third-order valence-corrected chi connectivity index (χ3v) is 5.11. The zero-order valence-electron chi connectivity index (χ0n) is 12.6. The molecule has 0 amide bonds. The smallest absolute Gasteiger partial charge is 0.134 e. The van der Waals surface area contributed by atoms with Gasteiger partial charge < -0.3 is 4.74 Å². The lowest BCUT2D eigenvalue weighted by Crippen LogP contribution is -2.35. The number of carbonyl (C=O) groups excluding carboxylic acids is 1. The van der Waals surface area contributed by atoms with Crippen LogP contribution in [0.2, 0.25) is 0 Å². The zero-order valence-corrected chi connectivity index (χ0v) is 12.6. The molecule has 2 nitrogen and oxygen atoms in total. The number of hydrogen-bond acceptors (Lipinski definition) is 2. The molecule has 1 saturated carbocycles. The highest BCUT2D eigenvalue weighted by atomic mass is 16.5. The van der Waals surface area contributed by atoms with Gasteiger partial charge in [0.2, 0.25) is 0 Å². The number of ketones is 1. The summed E-state index contributed by atoms with van der Waals surface area (Å²) >= 11 is 0. The van der Waals surface area contributed by atoms with Gasteiger partial charge in [-0.15, -0.1) is 0 Å². The Morgan fingerprint density at radius 2 is 1.82 bits per heavy atom. The maximum atomic E-state index is 12.2. The summed E-state index contributed by atoms with van der Waals surface area (Å²) in [7, 11) is 0. The molecule has 0 spiro atoms. The van der Waals surface area contributed by atoms with Crippen LogP contribution in [0.25, 0.3) is 0 Å². The molecule has 0 saturated heterocycles. The molecule has 112 valence electrons. The van der Waals surface area contributed by atoms with E-state index in [2.05, 4.69) is 36.4 Å². The second kappa shape index (κ2) is 5.36. The third kappa shape index (κ3) is 2.28. The number of hydrogen-bond donors (Lipinski definition) is 0. The lowest BCUT2D eigenvalue weighted by Gasteiger charge is -2.33. The molecule has 0 aromatic heterocycles. The number of benzene rings is 2. The van der Waals surface area contributed by atoms with Crippen molar-refractivity contribution in [3.8, 4) is 0 Å². The topological polar surface area (TPSA) is 26.3 Å². The predicted octanol–water partition coefficient (Wildman–Crippen LogP) is 3.99. The molecule has 0 unspecified atom stereocenters. The van der Waals surface area contributed by atoms with E-state index in [4.69, 9.17) is 4.74 Å². The molecule has 22 heavy (non-hydrogen) atoms. The van der Waals surface area contributed by atoms with Crippen molar-refractivity contribution in [2.45, 2.75) is 37.2 Å². The lowest BCUT2D eigenvalue weighted by atomic mass is 9.73. The van der Waals surface area contributed by atoms with Crippen LogP contribution in [0.1, 0.15) is 41.9 Å². The van der Waals surface area contributed by atoms with Crippen molar-refractivity contribution in [2.24, 2.45) is 0 Å². The Balaban J connectivity index is 1.55.